The molecule has 1 aromatic carbocycles. The van der Waals surface area contributed by atoms with Crippen molar-refractivity contribution in [1.29, 1.82) is 0 Å². The molecule has 0 heterocycles. The van der Waals surface area contributed by atoms with Crippen molar-refractivity contribution in [3.8, 4) is 0 Å². The number of halogens is 3. The monoisotopic (exact) mass is 333 g/mol. The average Bonchev–Trinajstić information content (AvgIpc) is 2.45. The van der Waals surface area contributed by atoms with Crippen LogP contribution < -0.4 is 10.6 Å². The van der Waals surface area contributed by atoms with Crippen LogP contribution in [0, 0.1) is 6.92 Å². The zero-order valence-corrected chi connectivity index (χ0v) is 13.7. The highest BCUT2D eigenvalue weighted by atomic mass is 32.2. The second-order valence-electron chi connectivity index (χ2n) is 4.83. The SMILES string of the molecule is CN=C(NCCSCc1ccc(C)cc1)NCCC(F)(F)F. The van der Waals surface area contributed by atoms with E-state index in [4.69, 9.17) is 0 Å². The second-order valence-corrected chi connectivity index (χ2v) is 5.93. The standard InChI is InChI=1S/C15H22F3N3S/c1-12-3-5-13(6-4-12)11-22-10-9-21-14(19-2)20-8-7-15(16,17)18/h3-6H,7-11H2,1-2H3,(H2,19,20,21). The van der Waals surface area contributed by atoms with Gasteiger partial charge in [0, 0.05) is 31.6 Å². The molecule has 0 amide bonds. The normalized spacial score (nSPS) is 12.3. The van der Waals surface area contributed by atoms with Gasteiger partial charge in [-0.05, 0) is 12.5 Å². The van der Waals surface area contributed by atoms with Crippen molar-refractivity contribution in [2.24, 2.45) is 4.99 Å². The van der Waals surface area contributed by atoms with Crippen LogP contribution in [0.4, 0.5) is 13.2 Å². The highest BCUT2D eigenvalue weighted by Crippen LogP contribution is 2.18. The van der Waals surface area contributed by atoms with Gasteiger partial charge >= 0.3 is 6.18 Å². The molecule has 0 aliphatic heterocycles. The molecule has 0 spiro atoms. The molecule has 2 N–H and O–H groups in total. The van der Waals surface area contributed by atoms with Crippen LogP contribution >= 0.6 is 11.8 Å². The van der Waals surface area contributed by atoms with Gasteiger partial charge in [0.15, 0.2) is 5.96 Å². The topological polar surface area (TPSA) is 36.4 Å². The molecule has 0 bridgehead atoms. The predicted molar refractivity (Wildman–Crippen MR) is 87.4 cm³/mol. The van der Waals surface area contributed by atoms with Crippen molar-refractivity contribution in [3.05, 3.63) is 35.4 Å². The maximum absolute atomic E-state index is 12.0. The Morgan fingerprint density at radius 3 is 2.36 bits per heavy atom. The quantitative estimate of drug-likeness (QED) is 0.456. The number of hydrogen-bond acceptors (Lipinski definition) is 2. The lowest BCUT2D eigenvalue weighted by Gasteiger charge is -2.12. The number of aliphatic imine (C=N–C) groups is 1. The molecule has 0 aliphatic rings. The number of alkyl halides is 3. The maximum Gasteiger partial charge on any atom is 0.390 e. The minimum Gasteiger partial charge on any atom is -0.356 e. The zero-order valence-electron chi connectivity index (χ0n) is 12.8. The summed E-state index contributed by atoms with van der Waals surface area (Å²) in [4.78, 5) is 3.89. The fourth-order valence-electron chi connectivity index (χ4n) is 1.66. The van der Waals surface area contributed by atoms with Crippen molar-refractivity contribution >= 4 is 17.7 Å². The lowest BCUT2D eigenvalue weighted by atomic mass is 10.2. The highest BCUT2D eigenvalue weighted by molar-refractivity contribution is 7.98. The first-order valence-electron chi connectivity index (χ1n) is 7.05. The number of aryl methyl sites for hydroxylation is 1. The van der Waals surface area contributed by atoms with Gasteiger partial charge in [-0.2, -0.15) is 24.9 Å². The van der Waals surface area contributed by atoms with Gasteiger partial charge < -0.3 is 10.6 Å². The summed E-state index contributed by atoms with van der Waals surface area (Å²) in [6, 6.07) is 8.38. The zero-order chi connectivity index (χ0) is 16.4. The Labute approximate surface area is 133 Å². The first kappa shape index (κ1) is 18.7. The molecule has 124 valence electrons. The molecule has 0 atom stereocenters. The van der Waals surface area contributed by atoms with Crippen molar-refractivity contribution in [3.63, 3.8) is 0 Å². The van der Waals surface area contributed by atoms with Crippen LogP contribution in [-0.2, 0) is 5.75 Å². The molecule has 0 radical (unpaired) electrons. The van der Waals surface area contributed by atoms with Crippen molar-refractivity contribution in [2.75, 3.05) is 25.9 Å². The number of thioether (sulfide) groups is 1. The summed E-state index contributed by atoms with van der Waals surface area (Å²) in [7, 11) is 1.54. The smallest absolute Gasteiger partial charge is 0.356 e. The number of nitrogens with one attached hydrogen (secondary N) is 2. The molecule has 0 fully saturated rings. The Morgan fingerprint density at radius 1 is 1.14 bits per heavy atom. The molecule has 0 unspecified atom stereocenters. The third kappa shape index (κ3) is 8.81. The maximum atomic E-state index is 12.0. The van der Waals surface area contributed by atoms with Crippen molar-refractivity contribution in [1.82, 2.24) is 10.6 Å². The van der Waals surface area contributed by atoms with Crippen LogP contribution in [0.5, 0.6) is 0 Å². The summed E-state index contributed by atoms with van der Waals surface area (Å²) in [6.07, 6.45) is -5.01. The molecule has 1 rings (SSSR count). The van der Waals surface area contributed by atoms with Gasteiger partial charge in [0.2, 0.25) is 0 Å². The molecule has 7 heteroatoms. The van der Waals surface area contributed by atoms with E-state index >= 15 is 0 Å². The van der Waals surface area contributed by atoms with Gasteiger partial charge in [0.05, 0.1) is 6.42 Å². The summed E-state index contributed by atoms with van der Waals surface area (Å²) >= 11 is 1.77. The van der Waals surface area contributed by atoms with Gasteiger partial charge in [0.1, 0.15) is 0 Å². The number of hydrogen-bond donors (Lipinski definition) is 2. The molecular weight excluding hydrogens is 311 g/mol. The largest absolute Gasteiger partial charge is 0.390 e. The number of benzene rings is 1. The lowest BCUT2D eigenvalue weighted by molar-refractivity contribution is -0.132. The summed E-state index contributed by atoms with van der Waals surface area (Å²) in [6.45, 7) is 2.54. The Balaban J connectivity index is 2.13. The van der Waals surface area contributed by atoms with Crippen LogP contribution in [-0.4, -0.2) is 38.0 Å². The Kier molecular flexibility index (Phi) is 8.16. The third-order valence-corrected chi connectivity index (χ3v) is 3.88. The second kappa shape index (κ2) is 9.61. The van der Waals surface area contributed by atoms with E-state index in [1.165, 1.54) is 11.1 Å². The van der Waals surface area contributed by atoms with Crippen LogP contribution in [0.1, 0.15) is 17.5 Å². The molecule has 0 aromatic heterocycles. The Hall–Kier alpha value is -1.37. The molecule has 3 nitrogen and oxygen atoms in total. The number of guanidine groups is 1. The van der Waals surface area contributed by atoms with Gasteiger partial charge in [-0.3, -0.25) is 4.99 Å². The van der Waals surface area contributed by atoms with E-state index in [-0.39, 0.29) is 6.54 Å². The van der Waals surface area contributed by atoms with Gasteiger partial charge in [-0.1, -0.05) is 29.8 Å². The molecule has 0 saturated heterocycles. The average molecular weight is 333 g/mol. The number of nitrogens with zero attached hydrogens (tertiary/aromatic N) is 1. The fraction of sp³-hybridized carbons (Fsp3) is 0.533. The molecule has 0 aliphatic carbocycles. The first-order valence-corrected chi connectivity index (χ1v) is 8.21. The minimum absolute atomic E-state index is 0.167. The number of rotatable bonds is 7. The molecule has 22 heavy (non-hydrogen) atoms. The summed E-state index contributed by atoms with van der Waals surface area (Å²) in [5.41, 5.74) is 2.51. The van der Waals surface area contributed by atoms with Gasteiger partial charge in [0.25, 0.3) is 0 Å². The van der Waals surface area contributed by atoms with Gasteiger partial charge in [-0.25, -0.2) is 0 Å². The predicted octanol–water partition coefficient (Wildman–Crippen LogP) is 3.35. The summed E-state index contributed by atoms with van der Waals surface area (Å²) in [5.74, 6) is 2.18. The van der Waals surface area contributed by atoms with E-state index in [1.54, 1.807) is 18.8 Å². The van der Waals surface area contributed by atoms with Crippen LogP contribution in [0.25, 0.3) is 0 Å². The van der Waals surface area contributed by atoms with Crippen molar-refractivity contribution < 1.29 is 13.2 Å². The fourth-order valence-corrected chi connectivity index (χ4v) is 2.48. The summed E-state index contributed by atoms with van der Waals surface area (Å²) < 4.78 is 36.1. The van der Waals surface area contributed by atoms with E-state index in [0.717, 1.165) is 11.5 Å². The van der Waals surface area contributed by atoms with Crippen molar-refractivity contribution in [2.45, 2.75) is 25.3 Å². The van der Waals surface area contributed by atoms with E-state index in [9.17, 15) is 13.2 Å². The van der Waals surface area contributed by atoms with Gasteiger partial charge in [-0.15, -0.1) is 0 Å². The van der Waals surface area contributed by atoms with Crippen LogP contribution in [0.2, 0.25) is 0 Å². The molecular formula is C15H22F3N3S. The lowest BCUT2D eigenvalue weighted by Crippen LogP contribution is -2.39. The van der Waals surface area contributed by atoms with Crippen LogP contribution in [0.15, 0.2) is 29.3 Å². The van der Waals surface area contributed by atoms with E-state index in [2.05, 4.69) is 46.8 Å². The third-order valence-electron chi connectivity index (χ3n) is 2.85. The van der Waals surface area contributed by atoms with E-state index in [0.29, 0.717) is 12.5 Å². The summed E-state index contributed by atoms with van der Waals surface area (Å²) in [5, 5.41) is 5.65. The first-order chi connectivity index (χ1) is 10.4. The molecule has 0 saturated carbocycles. The van der Waals surface area contributed by atoms with E-state index < -0.39 is 12.6 Å². The highest BCUT2D eigenvalue weighted by Gasteiger charge is 2.26. The molecule has 1 aromatic rings. The van der Waals surface area contributed by atoms with E-state index in [1.807, 2.05) is 0 Å². The van der Waals surface area contributed by atoms with Crippen LogP contribution in [0.3, 0.4) is 0 Å². The Morgan fingerprint density at radius 2 is 1.77 bits per heavy atom. The Bertz CT molecular complexity index is 458. The minimum atomic E-state index is -4.14.